The monoisotopic (exact) mass is 809 g/mol. The number of hydrogen-bond donors (Lipinski definition) is 3. The van der Waals surface area contributed by atoms with Gasteiger partial charge in [-0.15, -0.1) is 6.58 Å². The van der Waals surface area contributed by atoms with Crippen LogP contribution in [0.4, 0.5) is 4.79 Å². The van der Waals surface area contributed by atoms with Crippen LogP contribution in [0.1, 0.15) is 46.5 Å². The lowest BCUT2D eigenvalue weighted by molar-refractivity contribution is -0.142. The van der Waals surface area contributed by atoms with Crippen molar-refractivity contribution in [2.45, 2.75) is 75.4 Å². The molecular formula is C43H47N5O9S. The molecule has 58 heavy (non-hydrogen) atoms. The number of pyridine rings is 1. The van der Waals surface area contributed by atoms with Gasteiger partial charge in [0.1, 0.15) is 41.0 Å². The van der Waals surface area contributed by atoms with E-state index in [1.165, 1.54) is 11.0 Å². The zero-order valence-electron chi connectivity index (χ0n) is 32.8. The molecule has 0 bridgehead atoms. The fourth-order valence-electron chi connectivity index (χ4n) is 7.29. The number of fused-ring (bicyclic) bond motifs is 1. The van der Waals surface area contributed by atoms with Gasteiger partial charge < -0.3 is 29.7 Å². The molecule has 3 N–H and O–H groups in total. The van der Waals surface area contributed by atoms with Crippen LogP contribution in [0.5, 0.6) is 17.2 Å². The molecule has 4 amide bonds. The first kappa shape index (κ1) is 40.2. The number of methoxy groups -OCH3 is 1. The quantitative estimate of drug-likeness (QED) is 0.153. The van der Waals surface area contributed by atoms with Crippen molar-refractivity contribution in [1.82, 2.24) is 25.2 Å². The van der Waals surface area contributed by atoms with E-state index in [1.54, 1.807) is 76.4 Å². The van der Waals surface area contributed by atoms with Crippen LogP contribution in [0.25, 0.3) is 22.2 Å². The SMILES string of the molecule is C=C[C@@H]1CC1(NC(=O)[C@@H]1C[C@@H](Oc2cc(-c3ccccc3)nc3cc(OC)ccc23)CN1C(=O)[C@@H](NC(=O)Oc1ccccc1)C(C)(C)C)C(=O)NS(=O)(=O)C1CC1. The Morgan fingerprint density at radius 2 is 1.66 bits per heavy atom. The number of sulfonamides is 1. The van der Waals surface area contributed by atoms with Gasteiger partial charge in [-0.1, -0.05) is 75.4 Å². The van der Waals surface area contributed by atoms with Gasteiger partial charge in [0.05, 0.1) is 30.1 Å². The molecule has 1 aliphatic heterocycles. The predicted molar refractivity (Wildman–Crippen MR) is 216 cm³/mol. The molecule has 14 nitrogen and oxygen atoms in total. The average Bonchev–Trinajstić information content (AvgIpc) is 4.13. The standard InChI is InChI=1S/C43H47N5O9S/c1-6-27-24-43(27,40(51)47-58(53,54)31-18-19-31)46-38(49)35-22-30(25-48(35)39(50)37(42(2,3)4)45-41(52)57-28-15-11-8-12-16-28)56-36-23-33(26-13-9-7-10-14-26)44-34-21-29(55-5)17-20-32(34)36/h6-17,20-21,23,27,30-31,35,37H,1,18-19,22,24-25H2,2-5H3,(H,45,52)(H,46,49)(H,47,51)/t27-,30-,35+,37-,43?/m1/s1. The molecule has 1 unspecified atom stereocenters. The third kappa shape index (κ3) is 8.49. The number of carbonyl (C=O) groups excluding carboxylic acids is 4. The van der Waals surface area contributed by atoms with Gasteiger partial charge in [-0.05, 0) is 48.9 Å². The summed E-state index contributed by atoms with van der Waals surface area (Å²) in [6, 6.07) is 22.8. The van der Waals surface area contributed by atoms with Crippen molar-refractivity contribution in [3.63, 3.8) is 0 Å². The average molecular weight is 810 g/mol. The summed E-state index contributed by atoms with van der Waals surface area (Å²) in [4.78, 5) is 62.3. The van der Waals surface area contributed by atoms with Crippen molar-refractivity contribution in [3.05, 3.63) is 97.6 Å². The van der Waals surface area contributed by atoms with E-state index < -0.39 is 74.1 Å². The smallest absolute Gasteiger partial charge is 0.413 e. The summed E-state index contributed by atoms with van der Waals surface area (Å²) in [7, 11) is -2.36. The lowest BCUT2D eigenvalue weighted by Crippen LogP contribution is -2.60. The van der Waals surface area contributed by atoms with Crippen LogP contribution < -0.4 is 29.6 Å². The first-order chi connectivity index (χ1) is 27.6. The van der Waals surface area contributed by atoms with E-state index in [0.717, 1.165) is 5.56 Å². The van der Waals surface area contributed by atoms with Gasteiger partial charge in [-0.25, -0.2) is 18.2 Å². The van der Waals surface area contributed by atoms with Crippen LogP contribution in [0.2, 0.25) is 0 Å². The van der Waals surface area contributed by atoms with Crippen LogP contribution in [0.15, 0.2) is 97.6 Å². The minimum atomic E-state index is -3.93. The number of para-hydroxylation sites is 1. The summed E-state index contributed by atoms with van der Waals surface area (Å²) < 4.78 is 45.4. The molecule has 1 aromatic heterocycles. The van der Waals surface area contributed by atoms with Crippen molar-refractivity contribution in [3.8, 4) is 28.5 Å². The van der Waals surface area contributed by atoms with E-state index >= 15 is 0 Å². The highest BCUT2D eigenvalue weighted by atomic mass is 32.2. The summed E-state index contributed by atoms with van der Waals surface area (Å²) in [5.74, 6) is -1.34. The van der Waals surface area contributed by atoms with Crippen LogP contribution in [-0.2, 0) is 24.4 Å². The Morgan fingerprint density at radius 3 is 2.28 bits per heavy atom. The van der Waals surface area contributed by atoms with E-state index in [2.05, 4.69) is 21.9 Å². The Morgan fingerprint density at radius 1 is 0.966 bits per heavy atom. The molecule has 4 aromatic rings. The molecular weight excluding hydrogens is 763 g/mol. The molecule has 3 aromatic carbocycles. The minimum absolute atomic E-state index is 0.000364. The predicted octanol–water partition coefficient (Wildman–Crippen LogP) is 5.13. The summed E-state index contributed by atoms with van der Waals surface area (Å²) in [5, 5.41) is 5.54. The highest BCUT2D eigenvalue weighted by Crippen LogP contribution is 2.46. The Bertz CT molecular complexity index is 2350. The van der Waals surface area contributed by atoms with Gasteiger partial charge in [0.25, 0.3) is 5.91 Å². The maximum absolute atomic E-state index is 14.7. The van der Waals surface area contributed by atoms with Gasteiger partial charge in [0.2, 0.25) is 21.8 Å². The second kappa shape index (κ2) is 15.8. The number of carbonyl (C=O) groups is 4. The third-order valence-electron chi connectivity index (χ3n) is 10.8. The zero-order valence-corrected chi connectivity index (χ0v) is 33.6. The Kier molecular flexibility index (Phi) is 10.9. The van der Waals surface area contributed by atoms with Crippen molar-refractivity contribution >= 4 is 44.7 Å². The highest BCUT2D eigenvalue weighted by Gasteiger charge is 2.62. The van der Waals surface area contributed by atoms with Crippen molar-refractivity contribution in [2.24, 2.45) is 11.3 Å². The van der Waals surface area contributed by atoms with E-state index in [0.29, 0.717) is 40.9 Å². The second-order valence-corrected chi connectivity index (χ2v) is 18.0. The lowest BCUT2D eigenvalue weighted by atomic mass is 9.85. The molecule has 7 rings (SSSR count). The molecule has 2 heterocycles. The fourth-order valence-corrected chi connectivity index (χ4v) is 8.65. The van der Waals surface area contributed by atoms with E-state index in [9.17, 15) is 27.6 Å². The lowest BCUT2D eigenvalue weighted by Gasteiger charge is -2.35. The van der Waals surface area contributed by atoms with E-state index in [1.807, 2.05) is 36.4 Å². The summed E-state index contributed by atoms with van der Waals surface area (Å²) >= 11 is 0. The second-order valence-electron chi connectivity index (χ2n) is 16.1. The summed E-state index contributed by atoms with van der Waals surface area (Å²) in [6.45, 7) is 9.05. The van der Waals surface area contributed by atoms with Crippen LogP contribution in [0, 0.1) is 11.3 Å². The maximum Gasteiger partial charge on any atom is 0.413 e. The number of aromatic nitrogens is 1. The van der Waals surface area contributed by atoms with Crippen molar-refractivity contribution < 1.29 is 41.8 Å². The largest absolute Gasteiger partial charge is 0.497 e. The van der Waals surface area contributed by atoms with Gasteiger partial charge in [0.15, 0.2) is 0 Å². The Labute approximate surface area is 337 Å². The van der Waals surface area contributed by atoms with Gasteiger partial charge in [-0.3, -0.25) is 19.1 Å². The summed E-state index contributed by atoms with van der Waals surface area (Å²) in [6.07, 6.45) is 0.909. The molecule has 3 fully saturated rings. The molecule has 304 valence electrons. The number of ether oxygens (including phenoxy) is 3. The van der Waals surface area contributed by atoms with Crippen LogP contribution in [-0.4, -0.2) is 84.7 Å². The molecule has 1 saturated heterocycles. The minimum Gasteiger partial charge on any atom is -0.497 e. The first-order valence-corrected chi connectivity index (χ1v) is 20.7. The van der Waals surface area contributed by atoms with Gasteiger partial charge in [-0.2, -0.15) is 0 Å². The zero-order chi connectivity index (χ0) is 41.4. The number of nitrogens with one attached hydrogen (secondary N) is 3. The molecule has 5 atom stereocenters. The maximum atomic E-state index is 14.7. The summed E-state index contributed by atoms with van der Waals surface area (Å²) in [5.41, 5.74) is -0.375. The van der Waals surface area contributed by atoms with Crippen molar-refractivity contribution in [2.75, 3.05) is 13.7 Å². The Balaban J connectivity index is 1.21. The van der Waals surface area contributed by atoms with Crippen LogP contribution >= 0.6 is 0 Å². The molecule has 0 radical (unpaired) electrons. The van der Waals surface area contributed by atoms with E-state index in [4.69, 9.17) is 19.2 Å². The topological polar surface area (TPSA) is 182 Å². The number of amides is 4. The number of rotatable bonds is 13. The fraction of sp³-hybridized carbons (Fsp3) is 0.372. The highest BCUT2D eigenvalue weighted by molar-refractivity contribution is 7.91. The third-order valence-corrected chi connectivity index (χ3v) is 12.6. The number of nitrogens with zero attached hydrogens (tertiary/aromatic N) is 2. The molecule has 0 spiro atoms. The first-order valence-electron chi connectivity index (χ1n) is 19.2. The number of benzene rings is 3. The molecule has 15 heteroatoms. The number of likely N-dealkylation sites (tertiary alicyclic amines) is 1. The molecule has 2 aliphatic carbocycles. The van der Waals surface area contributed by atoms with Crippen molar-refractivity contribution in [1.29, 1.82) is 0 Å². The Hall–Kier alpha value is -5.96. The van der Waals surface area contributed by atoms with Crippen LogP contribution in [0.3, 0.4) is 0 Å². The van der Waals surface area contributed by atoms with E-state index in [-0.39, 0.29) is 25.1 Å². The van der Waals surface area contributed by atoms with Gasteiger partial charge in [0, 0.05) is 35.4 Å². The molecule has 2 saturated carbocycles. The van der Waals surface area contributed by atoms with Gasteiger partial charge >= 0.3 is 6.09 Å². The normalized spacial score (nSPS) is 22.0. The molecule has 3 aliphatic rings. The number of hydrogen-bond acceptors (Lipinski definition) is 10.